The second-order valence-electron chi connectivity index (χ2n) is 6.13. The lowest BCUT2D eigenvalue weighted by atomic mass is 10.2. The summed E-state index contributed by atoms with van der Waals surface area (Å²) in [6, 6.07) is 7.69. The van der Waals surface area contributed by atoms with Crippen LogP contribution in [0.2, 0.25) is 0 Å². The summed E-state index contributed by atoms with van der Waals surface area (Å²) in [4.78, 5) is 14.9. The first-order chi connectivity index (χ1) is 10.7. The Morgan fingerprint density at radius 3 is 2.23 bits per heavy atom. The normalized spacial score (nSPS) is 19.2. The van der Waals surface area contributed by atoms with Crippen LogP contribution in [-0.2, 0) is 6.54 Å². The van der Waals surface area contributed by atoms with Crippen LogP contribution in [0.4, 0.5) is 5.69 Å². The first-order valence-electron chi connectivity index (χ1n) is 8.01. The summed E-state index contributed by atoms with van der Waals surface area (Å²) in [7, 11) is 0. The molecule has 0 unspecified atom stereocenters. The topological polar surface area (TPSA) is 79.6 Å². The van der Waals surface area contributed by atoms with E-state index >= 15 is 0 Å². The van der Waals surface area contributed by atoms with Crippen LogP contribution in [-0.4, -0.2) is 23.0 Å². The molecule has 0 heterocycles. The van der Waals surface area contributed by atoms with E-state index in [1.165, 1.54) is 50.7 Å². The summed E-state index contributed by atoms with van der Waals surface area (Å²) in [5.74, 6) is 0.882. The smallest absolute Gasteiger partial charge is 0.269 e. The van der Waals surface area contributed by atoms with Gasteiger partial charge in [0.25, 0.3) is 5.69 Å². The fourth-order valence-corrected chi connectivity index (χ4v) is 2.71. The molecule has 0 saturated heterocycles. The van der Waals surface area contributed by atoms with E-state index in [9.17, 15) is 10.1 Å². The molecule has 1 aromatic rings. The molecular weight excluding hydrogens is 280 g/mol. The third-order valence-electron chi connectivity index (χ3n) is 4.18. The number of rotatable bonds is 5. The van der Waals surface area contributed by atoms with Gasteiger partial charge in [-0.15, -0.1) is 0 Å². The first kappa shape index (κ1) is 14.8. The van der Waals surface area contributed by atoms with Crippen LogP contribution in [0, 0.1) is 10.1 Å². The molecule has 0 bridgehead atoms. The molecule has 2 saturated carbocycles. The molecule has 0 aromatic heterocycles. The van der Waals surface area contributed by atoms with Gasteiger partial charge in [0, 0.05) is 24.2 Å². The van der Waals surface area contributed by atoms with E-state index in [-0.39, 0.29) is 10.6 Å². The molecule has 6 nitrogen and oxygen atoms in total. The molecule has 3 rings (SSSR count). The average Bonchev–Trinajstić information content (AvgIpc) is 3.18. The largest absolute Gasteiger partial charge is 0.354 e. The Kier molecular flexibility index (Phi) is 4.56. The van der Waals surface area contributed by atoms with Crippen molar-refractivity contribution in [3.05, 3.63) is 39.9 Å². The monoisotopic (exact) mass is 302 g/mol. The van der Waals surface area contributed by atoms with Crippen LogP contribution in [0.1, 0.15) is 44.1 Å². The highest BCUT2D eigenvalue weighted by molar-refractivity contribution is 5.80. The molecule has 1 aromatic carbocycles. The maximum Gasteiger partial charge on any atom is 0.269 e. The zero-order chi connectivity index (χ0) is 15.4. The molecule has 2 aliphatic rings. The number of aliphatic imine (C=N–C) groups is 1. The molecule has 0 aliphatic heterocycles. The Balaban J connectivity index is 1.61. The van der Waals surface area contributed by atoms with Crippen molar-refractivity contribution in [2.75, 3.05) is 0 Å². The standard InChI is InChI=1S/C16H22N4O2/c21-20(22)15-9-5-12(6-10-15)11-17-16(19-14-7-8-14)18-13-3-1-2-4-13/h5-6,9-10,13-14H,1-4,7-8,11H2,(H2,17,18,19). The Morgan fingerprint density at radius 2 is 1.68 bits per heavy atom. The Morgan fingerprint density at radius 1 is 1.09 bits per heavy atom. The number of hydrogen-bond donors (Lipinski definition) is 2. The third-order valence-corrected chi connectivity index (χ3v) is 4.18. The maximum absolute atomic E-state index is 10.7. The number of guanidine groups is 1. The van der Waals surface area contributed by atoms with Crippen LogP contribution in [0.15, 0.2) is 29.3 Å². The molecule has 0 spiro atoms. The van der Waals surface area contributed by atoms with Crippen LogP contribution < -0.4 is 10.6 Å². The zero-order valence-corrected chi connectivity index (χ0v) is 12.6. The van der Waals surface area contributed by atoms with Gasteiger partial charge in [-0.1, -0.05) is 25.0 Å². The highest BCUT2D eigenvalue weighted by atomic mass is 16.6. The predicted molar refractivity (Wildman–Crippen MR) is 85.8 cm³/mol. The molecule has 2 N–H and O–H groups in total. The summed E-state index contributed by atoms with van der Waals surface area (Å²) >= 11 is 0. The second-order valence-corrected chi connectivity index (χ2v) is 6.13. The molecule has 6 heteroatoms. The van der Waals surface area contributed by atoms with Crippen molar-refractivity contribution < 1.29 is 4.92 Å². The van der Waals surface area contributed by atoms with Crippen molar-refractivity contribution in [3.8, 4) is 0 Å². The highest BCUT2D eigenvalue weighted by Gasteiger charge is 2.24. The molecule has 2 aliphatic carbocycles. The van der Waals surface area contributed by atoms with Crippen molar-refractivity contribution in [2.24, 2.45) is 4.99 Å². The van der Waals surface area contributed by atoms with E-state index in [1.54, 1.807) is 12.1 Å². The van der Waals surface area contributed by atoms with Gasteiger partial charge < -0.3 is 10.6 Å². The minimum Gasteiger partial charge on any atom is -0.354 e. The quantitative estimate of drug-likeness (QED) is 0.379. The number of non-ortho nitro benzene ring substituents is 1. The SMILES string of the molecule is O=[N+]([O-])c1ccc(CN=C(NC2CCCC2)NC2CC2)cc1. The fourth-order valence-electron chi connectivity index (χ4n) is 2.71. The Bertz CT molecular complexity index is 546. The number of benzene rings is 1. The van der Waals surface area contributed by atoms with Gasteiger partial charge in [0.05, 0.1) is 11.5 Å². The number of hydrogen-bond acceptors (Lipinski definition) is 3. The van der Waals surface area contributed by atoms with Gasteiger partial charge in [-0.05, 0) is 31.2 Å². The van der Waals surface area contributed by atoms with E-state index in [1.807, 2.05) is 0 Å². The molecule has 0 amide bonds. The lowest BCUT2D eigenvalue weighted by Crippen LogP contribution is -2.43. The number of nitro groups is 1. The Labute approximate surface area is 130 Å². The van der Waals surface area contributed by atoms with Crippen LogP contribution in [0.5, 0.6) is 0 Å². The van der Waals surface area contributed by atoms with E-state index in [0.29, 0.717) is 18.6 Å². The number of nitro benzene ring substituents is 1. The van der Waals surface area contributed by atoms with Crippen LogP contribution >= 0.6 is 0 Å². The number of nitrogens with zero attached hydrogens (tertiary/aromatic N) is 2. The lowest BCUT2D eigenvalue weighted by Gasteiger charge is -2.17. The van der Waals surface area contributed by atoms with Crippen molar-refractivity contribution >= 4 is 11.6 Å². The predicted octanol–water partition coefficient (Wildman–Crippen LogP) is 2.74. The second kappa shape index (κ2) is 6.77. The molecule has 2 fully saturated rings. The van der Waals surface area contributed by atoms with E-state index < -0.39 is 0 Å². The summed E-state index contributed by atoms with van der Waals surface area (Å²) in [6.45, 7) is 0.534. The van der Waals surface area contributed by atoms with Crippen LogP contribution in [0.3, 0.4) is 0 Å². The van der Waals surface area contributed by atoms with Gasteiger partial charge in [-0.2, -0.15) is 0 Å². The highest BCUT2D eigenvalue weighted by Crippen LogP contribution is 2.20. The Hall–Kier alpha value is -2.11. The first-order valence-corrected chi connectivity index (χ1v) is 8.01. The molecular formula is C16H22N4O2. The lowest BCUT2D eigenvalue weighted by molar-refractivity contribution is -0.384. The van der Waals surface area contributed by atoms with Crippen molar-refractivity contribution in [1.82, 2.24) is 10.6 Å². The van der Waals surface area contributed by atoms with E-state index in [2.05, 4.69) is 15.6 Å². The summed E-state index contributed by atoms with van der Waals surface area (Å²) < 4.78 is 0. The van der Waals surface area contributed by atoms with Crippen LogP contribution in [0.25, 0.3) is 0 Å². The van der Waals surface area contributed by atoms with Gasteiger partial charge in [-0.25, -0.2) is 4.99 Å². The fraction of sp³-hybridized carbons (Fsp3) is 0.562. The zero-order valence-electron chi connectivity index (χ0n) is 12.6. The molecule has 118 valence electrons. The van der Waals surface area contributed by atoms with Gasteiger partial charge >= 0.3 is 0 Å². The van der Waals surface area contributed by atoms with Gasteiger partial charge in [0.2, 0.25) is 0 Å². The number of nitrogens with one attached hydrogen (secondary N) is 2. The van der Waals surface area contributed by atoms with Crippen molar-refractivity contribution in [2.45, 2.75) is 57.2 Å². The van der Waals surface area contributed by atoms with Gasteiger partial charge in [0.1, 0.15) is 0 Å². The minimum absolute atomic E-state index is 0.119. The summed E-state index contributed by atoms with van der Waals surface area (Å²) in [5.41, 5.74) is 1.10. The molecule has 22 heavy (non-hydrogen) atoms. The third kappa shape index (κ3) is 4.19. The maximum atomic E-state index is 10.7. The van der Waals surface area contributed by atoms with Crippen molar-refractivity contribution in [3.63, 3.8) is 0 Å². The van der Waals surface area contributed by atoms with Gasteiger partial charge in [0.15, 0.2) is 5.96 Å². The minimum atomic E-state index is -0.380. The molecule has 0 radical (unpaired) electrons. The summed E-state index contributed by atoms with van der Waals surface area (Å²) in [6.07, 6.45) is 7.42. The average molecular weight is 302 g/mol. The van der Waals surface area contributed by atoms with E-state index in [4.69, 9.17) is 0 Å². The van der Waals surface area contributed by atoms with E-state index in [0.717, 1.165) is 11.5 Å². The molecule has 0 atom stereocenters. The van der Waals surface area contributed by atoms with Gasteiger partial charge in [-0.3, -0.25) is 10.1 Å². The summed E-state index contributed by atoms with van der Waals surface area (Å²) in [5, 5.41) is 17.6. The van der Waals surface area contributed by atoms with Crippen molar-refractivity contribution in [1.29, 1.82) is 0 Å².